The Bertz CT molecular complexity index is 1300. The van der Waals surface area contributed by atoms with Crippen molar-refractivity contribution in [3.63, 3.8) is 0 Å². The maximum Gasteiger partial charge on any atom is 0.226 e. The molecule has 4 rings (SSSR count). The molecule has 2 aliphatic rings. The monoisotopic (exact) mass is 650 g/mol. The summed E-state index contributed by atoms with van der Waals surface area (Å²) in [5.74, 6) is 0.838. The number of carbonyl (C=O) groups excluding carboxylic acids is 2. The molecule has 0 bridgehead atoms. The van der Waals surface area contributed by atoms with Gasteiger partial charge in [-0.25, -0.2) is 4.39 Å². The molecule has 8 heteroatoms. The molecule has 1 unspecified atom stereocenters. The second kappa shape index (κ2) is 16.4. The lowest BCUT2D eigenvalue weighted by atomic mass is 9.69. The van der Waals surface area contributed by atoms with Crippen molar-refractivity contribution in [1.29, 1.82) is 0 Å². The fourth-order valence-electron chi connectivity index (χ4n) is 6.83. The number of fused-ring (bicyclic) bond motifs is 1. The molecule has 7 nitrogen and oxygen atoms in total. The van der Waals surface area contributed by atoms with E-state index in [9.17, 15) is 14.0 Å². The SMILES string of the molecule is CC(C)(CCC(C)(CC1CCC(CNC(=O)C(C)(C)C)CC1)C(=O)NCc1ccc(F)cc1)COCN1CCNc2ccccc2C1. The highest BCUT2D eigenvalue weighted by Crippen LogP contribution is 2.41. The molecule has 0 spiro atoms. The molecule has 1 atom stereocenters. The van der Waals surface area contributed by atoms with Crippen molar-refractivity contribution in [1.82, 2.24) is 15.5 Å². The van der Waals surface area contributed by atoms with E-state index in [-0.39, 0.29) is 28.5 Å². The quantitative estimate of drug-likeness (QED) is 0.197. The maximum atomic E-state index is 13.9. The lowest BCUT2D eigenvalue weighted by molar-refractivity contribution is -0.133. The highest BCUT2D eigenvalue weighted by atomic mass is 19.1. The highest BCUT2D eigenvalue weighted by Gasteiger charge is 2.38. The number of para-hydroxylation sites is 1. The number of rotatable bonds is 14. The first-order valence-corrected chi connectivity index (χ1v) is 17.7. The van der Waals surface area contributed by atoms with Gasteiger partial charge < -0.3 is 20.7 Å². The molecule has 2 amide bonds. The van der Waals surface area contributed by atoms with E-state index in [4.69, 9.17) is 4.74 Å². The molecule has 0 saturated heterocycles. The molecule has 2 aromatic rings. The van der Waals surface area contributed by atoms with E-state index in [2.05, 4.69) is 65.9 Å². The number of hydrogen-bond acceptors (Lipinski definition) is 5. The highest BCUT2D eigenvalue weighted by molar-refractivity contribution is 5.82. The molecule has 260 valence electrons. The third-order valence-corrected chi connectivity index (χ3v) is 10.1. The zero-order chi connectivity index (χ0) is 34.1. The Morgan fingerprint density at radius 1 is 0.894 bits per heavy atom. The van der Waals surface area contributed by atoms with Gasteiger partial charge in [0.2, 0.25) is 11.8 Å². The van der Waals surface area contributed by atoms with Crippen molar-refractivity contribution in [2.45, 2.75) is 99.6 Å². The van der Waals surface area contributed by atoms with Crippen LogP contribution in [0.25, 0.3) is 0 Å². The van der Waals surface area contributed by atoms with E-state index in [0.717, 1.165) is 76.7 Å². The minimum Gasteiger partial charge on any atom is -0.383 e. The van der Waals surface area contributed by atoms with Crippen LogP contribution in [0.5, 0.6) is 0 Å². The molecule has 0 radical (unpaired) electrons. The predicted molar refractivity (Wildman–Crippen MR) is 188 cm³/mol. The fourth-order valence-corrected chi connectivity index (χ4v) is 6.83. The van der Waals surface area contributed by atoms with E-state index in [1.165, 1.54) is 23.4 Å². The Morgan fingerprint density at radius 3 is 2.28 bits per heavy atom. The number of hydrogen-bond donors (Lipinski definition) is 3. The third-order valence-electron chi connectivity index (χ3n) is 10.1. The summed E-state index contributed by atoms with van der Waals surface area (Å²) >= 11 is 0. The van der Waals surface area contributed by atoms with Gasteiger partial charge in [0.25, 0.3) is 0 Å². The zero-order valence-electron chi connectivity index (χ0n) is 29.7. The van der Waals surface area contributed by atoms with Crippen LogP contribution < -0.4 is 16.0 Å². The van der Waals surface area contributed by atoms with Crippen molar-refractivity contribution < 1.29 is 18.7 Å². The number of nitrogens with zero attached hydrogens (tertiary/aromatic N) is 1. The van der Waals surface area contributed by atoms with Crippen molar-refractivity contribution in [2.75, 3.05) is 38.3 Å². The largest absolute Gasteiger partial charge is 0.383 e. The Hall–Kier alpha value is -2.97. The average Bonchev–Trinajstić information content (AvgIpc) is 3.24. The van der Waals surface area contributed by atoms with Crippen LogP contribution in [-0.2, 0) is 27.4 Å². The van der Waals surface area contributed by atoms with Gasteiger partial charge >= 0.3 is 0 Å². The minimum atomic E-state index is -0.532. The van der Waals surface area contributed by atoms with Crippen LogP contribution >= 0.6 is 0 Å². The molecule has 1 aliphatic heterocycles. The summed E-state index contributed by atoms with van der Waals surface area (Å²) in [4.78, 5) is 28.6. The maximum absolute atomic E-state index is 13.9. The lowest BCUT2D eigenvalue weighted by Gasteiger charge is -2.38. The smallest absolute Gasteiger partial charge is 0.226 e. The van der Waals surface area contributed by atoms with Gasteiger partial charge in [-0.2, -0.15) is 0 Å². The van der Waals surface area contributed by atoms with Crippen LogP contribution in [0.4, 0.5) is 10.1 Å². The van der Waals surface area contributed by atoms with Crippen LogP contribution in [0, 0.1) is 33.9 Å². The number of halogens is 1. The molecule has 1 fully saturated rings. The van der Waals surface area contributed by atoms with Crippen LogP contribution in [0.3, 0.4) is 0 Å². The van der Waals surface area contributed by atoms with Gasteiger partial charge in [-0.05, 0) is 78.7 Å². The molecule has 0 aromatic heterocycles. The van der Waals surface area contributed by atoms with Crippen LogP contribution in [0.1, 0.15) is 97.6 Å². The Morgan fingerprint density at radius 2 is 1.57 bits per heavy atom. The first-order valence-electron chi connectivity index (χ1n) is 17.7. The number of anilines is 1. The second-order valence-electron chi connectivity index (χ2n) is 16.2. The van der Waals surface area contributed by atoms with Gasteiger partial charge in [0.1, 0.15) is 5.82 Å². The van der Waals surface area contributed by atoms with Crippen LogP contribution in [0.2, 0.25) is 0 Å². The topological polar surface area (TPSA) is 82.7 Å². The molecule has 1 heterocycles. The predicted octanol–water partition coefficient (Wildman–Crippen LogP) is 7.52. The van der Waals surface area contributed by atoms with Crippen molar-refractivity contribution >= 4 is 17.5 Å². The normalized spacial score (nSPS) is 20.3. The molecular formula is C39H59FN4O3. The van der Waals surface area contributed by atoms with Gasteiger partial charge in [0.05, 0.1) is 13.3 Å². The van der Waals surface area contributed by atoms with E-state index < -0.39 is 5.41 Å². The third kappa shape index (κ3) is 11.6. The van der Waals surface area contributed by atoms with Crippen molar-refractivity contribution in [3.8, 4) is 0 Å². The number of carbonyl (C=O) groups is 2. The van der Waals surface area contributed by atoms with E-state index in [1.807, 2.05) is 20.8 Å². The van der Waals surface area contributed by atoms with Crippen molar-refractivity contribution in [3.05, 3.63) is 65.5 Å². The lowest BCUT2D eigenvalue weighted by Crippen LogP contribution is -2.42. The van der Waals surface area contributed by atoms with Gasteiger partial charge in [-0.3, -0.25) is 14.5 Å². The molecule has 47 heavy (non-hydrogen) atoms. The van der Waals surface area contributed by atoms with Gasteiger partial charge in [0, 0.05) is 49.2 Å². The summed E-state index contributed by atoms with van der Waals surface area (Å²) < 4.78 is 19.8. The van der Waals surface area contributed by atoms with Gasteiger partial charge in [0.15, 0.2) is 0 Å². The first-order chi connectivity index (χ1) is 22.2. The van der Waals surface area contributed by atoms with Gasteiger partial charge in [-0.1, -0.05) is 84.7 Å². The minimum absolute atomic E-state index is 0.0637. The molecular weight excluding hydrogens is 591 g/mol. The molecule has 1 saturated carbocycles. The Balaban J connectivity index is 1.32. The second-order valence-corrected chi connectivity index (χ2v) is 16.2. The van der Waals surface area contributed by atoms with E-state index in [1.54, 1.807) is 12.1 Å². The summed E-state index contributed by atoms with van der Waals surface area (Å²) in [5.41, 5.74) is 2.38. The van der Waals surface area contributed by atoms with Crippen molar-refractivity contribution in [2.24, 2.45) is 28.1 Å². The number of nitrogens with one attached hydrogen (secondary N) is 3. The Labute approximate surface area is 282 Å². The fraction of sp³-hybridized carbons (Fsp3) is 0.641. The zero-order valence-corrected chi connectivity index (χ0v) is 29.7. The number of benzene rings is 2. The average molecular weight is 651 g/mol. The summed E-state index contributed by atoms with van der Waals surface area (Å²) in [7, 11) is 0. The first kappa shape index (κ1) is 36.9. The standard InChI is InChI=1S/C39H59FN4O3/c1-37(2,3)35(45)42-24-30-13-11-29(12-14-30)23-39(6,36(46)43-25-31-15-17-33(40)18-16-31)20-19-38(4,5)27-47-28-44-22-21-41-34-10-8-7-9-32(34)26-44/h7-10,15-18,29-30,41H,11-14,19-28H2,1-6H3,(H,42,45)(H,43,46). The number of ether oxygens (including phenoxy) is 1. The van der Waals surface area contributed by atoms with Crippen LogP contribution in [-0.4, -0.2) is 49.7 Å². The molecule has 3 N–H and O–H groups in total. The van der Waals surface area contributed by atoms with Gasteiger partial charge in [-0.15, -0.1) is 0 Å². The van der Waals surface area contributed by atoms with E-state index >= 15 is 0 Å². The summed E-state index contributed by atoms with van der Waals surface area (Å²) in [6, 6.07) is 14.8. The molecule has 1 aliphatic carbocycles. The summed E-state index contributed by atoms with van der Waals surface area (Å²) in [6.07, 6.45) is 6.73. The van der Waals surface area contributed by atoms with Crippen LogP contribution in [0.15, 0.2) is 48.5 Å². The summed E-state index contributed by atoms with van der Waals surface area (Å²) in [5, 5.41) is 9.85. The number of amides is 2. The summed E-state index contributed by atoms with van der Waals surface area (Å²) in [6.45, 7) is 17.4. The Kier molecular flexibility index (Phi) is 12.9. The van der Waals surface area contributed by atoms with E-state index in [0.29, 0.717) is 31.7 Å². The molecule has 2 aromatic carbocycles.